The van der Waals surface area contributed by atoms with Gasteiger partial charge in [-0.25, -0.2) is 9.59 Å². The van der Waals surface area contributed by atoms with E-state index in [1.165, 1.54) is 12.8 Å². The van der Waals surface area contributed by atoms with Crippen molar-refractivity contribution in [3.8, 4) is 0 Å². The number of carboxylic acids is 2. The predicted octanol–water partition coefficient (Wildman–Crippen LogP) is 0.489. The lowest BCUT2D eigenvalue weighted by molar-refractivity contribution is -0.159. The summed E-state index contributed by atoms with van der Waals surface area (Å²) in [5.41, 5.74) is 1.14. The summed E-state index contributed by atoms with van der Waals surface area (Å²) in [6.45, 7) is 0.922. The number of nitrogens with zero attached hydrogens (tertiary/aromatic N) is 1. The van der Waals surface area contributed by atoms with Crippen LogP contribution in [0, 0.1) is 0 Å². The SMILES string of the molecule is O=C(O)C(=O)O.c1ccc(CNC2CC2)nc1. The molecule has 0 atom stereocenters. The van der Waals surface area contributed by atoms with Gasteiger partial charge in [-0.15, -0.1) is 0 Å². The van der Waals surface area contributed by atoms with Crippen molar-refractivity contribution in [2.45, 2.75) is 25.4 Å². The smallest absolute Gasteiger partial charge is 0.414 e. The maximum absolute atomic E-state index is 9.10. The molecule has 1 aliphatic rings. The van der Waals surface area contributed by atoms with Gasteiger partial charge in [-0.3, -0.25) is 4.98 Å². The zero-order chi connectivity index (χ0) is 12.7. The largest absolute Gasteiger partial charge is 0.473 e. The summed E-state index contributed by atoms with van der Waals surface area (Å²) in [6, 6.07) is 6.80. The molecule has 0 radical (unpaired) electrons. The van der Waals surface area contributed by atoms with Crippen molar-refractivity contribution in [2.75, 3.05) is 0 Å². The summed E-state index contributed by atoms with van der Waals surface area (Å²) in [6.07, 6.45) is 4.52. The minimum absolute atomic E-state index is 0.775. The van der Waals surface area contributed by atoms with E-state index in [1.54, 1.807) is 0 Å². The number of pyridine rings is 1. The third kappa shape index (κ3) is 6.26. The van der Waals surface area contributed by atoms with Gasteiger partial charge < -0.3 is 15.5 Å². The molecule has 0 aromatic carbocycles. The van der Waals surface area contributed by atoms with Gasteiger partial charge in [0.15, 0.2) is 0 Å². The summed E-state index contributed by atoms with van der Waals surface area (Å²) in [5, 5.41) is 18.2. The second-order valence-corrected chi connectivity index (χ2v) is 3.59. The van der Waals surface area contributed by atoms with Gasteiger partial charge in [-0.05, 0) is 25.0 Å². The van der Waals surface area contributed by atoms with Gasteiger partial charge in [0.2, 0.25) is 0 Å². The molecule has 1 aliphatic carbocycles. The van der Waals surface area contributed by atoms with Crippen molar-refractivity contribution in [3.05, 3.63) is 30.1 Å². The maximum Gasteiger partial charge on any atom is 0.414 e. The molecular formula is C11H14N2O4. The van der Waals surface area contributed by atoms with E-state index in [9.17, 15) is 0 Å². The molecule has 17 heavy (non-hydrogen) atoms. The Hall–Kier alpha value is -1.95. The first-order valence-corrected chi connectivity index (χ1v) is 5.19. The molecule has 1 aromatic heterocycles. The molecular weight excluding hydrogens is 224 g/mol. The number of carboxylic acid groups (broad SMARTS) is 2. The minimum Gasteiger partial charge on any atom is -0.473 e. The molecule has 3 N–H and O–H groups in total. The van der Waals surface area contributed by atoms with Crippen molar-refractivity contribution >= 4 is 11.9 Å². The van der Waals surface area contributed by atoms with Crippen molar-refractivity contribution in [2.24, 2.45) is 0 Å². The van der Waals surface area contributed by atoms with E-state index in [1.807, 2.05) is 18.3 Å². The van der Waals surface area contributed by atoms with Crippen LogP contribution in [0.3, 0.4) is 0 Å². The van der Waals surface area contributed by atoms with E-state index in [4.69, 9.17) is 19.8 Å². The van der Waals surface area contributed by atoms with Gasteiger partial charge >= 0.3 is 11.9 Å². The Morgan fingerprint density at radius 3 is 2.35 bits per heavy atom. The lowest BCUT2D eigenvalue weighted by atomic mass is 10.3. The molecule has 0 saturated heterocycles. The van der Waals surface area contributed by atoms with Crippen LogP contribution < -0.4 is 5.32 Å². The first-order valence-electron chi connectivity index (χ1n) is 5.19. The van der Waals surface area contributed by atoms with Crippen molar-refractivity contribution < 1.29 is 19.8 Å². The average Bonchev–Trinajstić information content (AvgIpc) is 3.12. The second-order valence-electron chi connectivity index (χ2n) is 3.59. The highest BCUT2D eigenvalue weighted by Crippen LogP contribution is 2.18. The Morgan fingerprint density at radius 2 is 1.94 bits per heavy atom. The Bertz CT molecular complexity index is 364. The van der Waals surface area contributed by atoms with Gasteiger partial charge in [-0.1, -0.05) is 6.07 Å². The van der Waals surface area contributed by atoms with Crippen LogP contribution in [-0.2, 0) is 16.1 Å². The number of aliphatic carboxylic acids is 2. The van der Waals surface area contributed by atoms with Crippen LogP contribution in [0.15, 0.2) is 24.4 Å². The van der Waals surface area contributed by atoms with Gasteiger partial charge in [0, 0.05) is 18.8 Å². The Morgan fingerprint density at radius 1 is 1.29 bits per heavy atom. The lowest BCUT2D eigenvalue weighted by Gasteiger charge is -1.99. The fourth-order valence-electron chi connectivity index (χ4n) is 1.04. The van der Waals surface area contributed by atoms with Gasteiger partial charge in [-0.2, -0.15) is 0 Å². The first-order chi connectivity index (χ1) is 8.09. The molecule has 6 heteroatoms. The molecule has 0 amide bonds. The maximum atomic E-state index is 9.10. The first kappa shape index (κ1) is 13.1. The molecule has 0 unspecified atom stereocenters. The quantitative estimate of drug-likeness (QED) is 0.663. The number of nitrogens with one attached hydrogen (secondary N) is 1. The summed E-state index contributed by atoms with van der Waals surface area (Å²) in [5.74, 6) is -3.65. The molecule has 6 nitrogen and oxygen atoms in total. The molecule has 1 heterocycles. The molecule has 1 fully saturated rings. The number of rotatable bonds is 3. The van der Waals surface area contributed by atoms with Crippen molar-refractivity contribution in [3.63, 3.8) is 0 Å². The summed E-state index contributed by atoms with van der Waals surface area (Å²) >= 11 is 0. The highest BCUT2D eigenvalue weighted by atomic mass is 16.4. The van der Waals surface area contributed by atoms with Gasteiger partial charge in [0.25, 0.3) is 0 Å². The monoisotopic (exact) mass is 238 g/mol. The van der Waals surface area contributed by atoms with Crippen LogP contribution in [0.1, 0.15) is 18.5 Å². The summed E-state index contributed by atoms with van der Waals surface area (Å²) in [7, 11) is 0. The summed E-state index contributed by atoms with van der Waals surface area (Å²) < 4.78 is 0. The van der Waals surface area contributed by atoms with E-state index in [-0.39, 0.29) is 0 Å². The van der Waals surface area contributed by atoms with Crippen LogP contribution in [0.4, 0.5) is 0 Å². The Balaban J connectivity index is 0.000000209. The van der Waals surface area contributed by atoms with Crippen LogP contribution >= 0.6 is 0 Å². The third-order valence-electron chi connectivity index (χ3n) is 2.06. The van der Waals surface area contributed by atoms with Crippen LogP contribution in [0.25, 0.3) is 0 Å². The van der Waals surface area contributed by atoms with E-state index in [2.05, 4.69) is 16.4 Å². The topological polar surface area (TPSA) is 99.5 Å². The van der Waals surface area contributed by atoms with E-state index < -0.39 is 11.9 Å². The highest BCUT2D eigenvalue weighted by Gasteiger charge is 2.19. The predicted molar refractivity (Wildman–Crippen MR) is 59.4 cm³/mol. The van der Waals surface area contributed by atoms with Crippen LogP contribution in [0.5, 0.6) is 0 Å². The van der Waals surface area contributed by atoms with Crippen LogP contribution in [0.2, 0.25) is 0 Å². The van der Waals surface area contributed by atoms with E-state index in [0.29, 0.717) is 0 Å². The molecule has 0 bridgehead atoms. The molecule has 0 spiro atoms. The van der Waals surface area contributed by atoms with Gasteiger partial charge in [0.05, 0.1) is 5.69 Å². The van der Waals surface area contributed by atoms with Crippen molar-refractivity contribution in [1.82, 2.24) is 10.3 Å². The number of aromatic nitrogens is 1. The van der Waals surface area contributed by atoms with Gasteiger partial charge in [0.1, 0.15) is 0 Å². The molecule has 0 aliphatic heterocycles. The van der Waals surface area contributed by atoms with Crippen molar-refractivity contribution in [1.29, 1.82) is 0 Å². The standard InChI is InChI=1S/C9H12N2.C2H2O4/c1-2-6-10-9(3-1)7-11-8-4-5-8;3-1(4)2(5)6/h1-3,6,8,11H,4-5,7H2;(H,3,4)(H,5,6). The summed E-state index contributed by atoms with van der Waals surface area (Å²) in [4.78, 5) is 22.4. The minimum atomic E-state index is -1.82. The Kier molecular flexibility index (Phi) is 5.09. The zero-order valence-electron chi connectivity index (χ0n) is 9.17. The third-order valence-corrected chi connectivity index (χ3v) is 2.06. The van der Waals surface area contributed by atoms with E-state index >= 15 is 0 Å². The van der Waals surface area contributed by atoms with E-state index in [0.717, 1.165) is 18.3 Å². The molecule has 1 aromatic rings. The number of carbonyl (C=O) groups is 2. The zero-order valence-corrected chi connectivity index (χ0v) is 9.17. The number of hydrogen-bond acceptors (Lipinski definition) is 4. The average molecular weight is 238 g/mol. The lowest BCUT2D eigenvalue weighted by Crippen LogP contribution is -2.15. The Labute approximate surface area is 98.3 Å². The molecule has 2 rings (SSSR count). The van der Waals surface area contributed by atoms with Crippen LogP contribution in [-0.4, -0.2) is 33.2 Å². The molecule has 92 valence electrons. The normalized spacial score (nSPS) is 13.4. The fraction of sp³-hybridized carbons (Fsp3) is 0.364. The fourth-order valence-corrected chi connectivity index (χ4v) is 1.04. The highest BCUT2D eigenvalue weighted by molar-refractivity contribution is 6.27. The molecule has 1 saturated carbocycles. The second kappa shape index (κ2) is 6.59. The number of hydrogen-bond donors (Lipinski definition) is 3.